The van der Waals surface area contributed by atoms with E-state index in [1.54, 1.807) is 0 Å². The van der Waals surface area contributed by atoms with Gasteiger partial charge in [-0.05, 0) is 23.0 Å². The first-order chi connectivity index (χ1) is 8.47. The Labute approximate surface area is 110 Å². The van der Waals surface area contributed by atoms with Crippen LogP contribution in [0.5, 0.6) is 0 Å². The molecule has 3 nitrogen and oxygen atoms in total. The first-order valence-electron chi connectivity index (χ1n) is 6.50. The largest absolute Gasteiger partial charge is 0.396 e. The lowest BCUT2D eigenvalue weighted by molar-refractivity contribution is 0.196. The van der Waals surface area contributed by atoms with Crippen LogP contribution >= 0.6 is 0 Å². The highest BCUT2D eigenvalue weighted by Crippen LogP contribution is 2.22. The molecule has 3 heteroatoms. The SMILES string of the molecule is CC(C)(C)C(CCO)NCc1ccc(CO)cc1. The molecule has 0 fully saturated rings. The summed E-state index contributed by atoms with van der Waals surface area (Å²) >= 11 is 0. The van der Waals surface area contributed by atoms with Crippen molar-refractivity contribution in [1.82, 2.24) is 5.32 Å². The Balaban J connectivity index is 2.55. The van der Waals surface area contributed by atoms with Crippen LogP contribution in [0, 0.1) is 5.41 Å². The van der Waals surface area contributed by atoms with E-state index in [1.165, 1.54) is 5.56 Å². The van der Waals surface area contributed by atoms with Crippen LogP contribution in [-0.4, -0.2) is 22.9 Å². The molecule has 1 aromatic carbocycles. The van der Waals surface area contributed by atoms with Crippen molar-refractivity contribution in [3.63, 3.8) is 0 Å². The maximum atomic E-state index is 9.10. The van der Waals surface area contributed by atoms with Gasteiger partial charge in [0.05, 0.1) is 6.61 Å². The lowest BCUT2D eigenvalue weighted by Crippen LogP contribution is -2.40. The minimum absolute atomic E-state index is 0.0861. The molecule has 0 saturated heterocycles. The molecule has 0 aromatic heterocycles. The number of nitrogens with one attached hydrogen (secondary N) is 1. The van der Waals surface area contributed by atoms with Crippen molar-refractivity contribution in [2.45, 2.75) is 46.4 Å². The Bertz CT molecular complexity index is 341. The maximum Gasteiger partial charge on any atom is 0.0681 e. The summed E-state index contributed by atoms with van der Waals surface area (Å²) in [5.74, 6) is 0. The number of hydrogen-bond acceptors (Lipinski definition) is 3. The number of rotatable bonds is 6. The lowest BCUT2D eigenvalue weighted by Gasteiger charge is -2.31. The van der Waals surface area contributed by atoms with Gasteiger partial charge in [0.15, 0.2) is 0 Å². The second kappa shape index (κ2) is 6.88. The Morgan fingerprint density at radius 3 is 2.06 bits per heavy atom. The minimum atomic E-state index is 0.0861. The zero-order valence-corrected chi connectivity index (χ0v) is 11.6. The van der Waals surface area contributed by atoms with Gasteiger partial charge < -0.3 is 15.5 Å². The average Bonchev–Trinajstić information content (AvgIpc) is 2.33. The Morgan fingerprint density at radius 2 is 1.61 bits per heavy atom. The molecule has 102 valence electrons. The molecule has 1 aromatic rings. The van der Waals surface area contributed by atoms with Crippen molar-refractivity contribution < 1.29 is 10.2 Å². The molecule has 1 rings (SSSR count). The molecule has 0 aliphatic rings. The molecule has 0 saturated carbocycles. The van der Waals surface area contributed by atoms with Gasteiger partial charge in [-0.2, -0.15) is 0 Å². The monoisotopic (exact) mass is 251 g/mol. The highest BCUT2D eigenvalue weighted by atomic mass is 16.3. The molecule has 0 spiro atoms. The molecular weight excluding hydrogens is 226 g/mol. The van der Waals surface area contributed by atoms with Crippen molar-refractivity contribution in [1.29, 1.82) is 0 Å². The molecule has 0 aliphatic carbocycles. The predicted octanol–water partition coefficient (Wildman–Crippen LogP) is 2.07. The first kappa shape index (κ1) is 15.2. The number of aliphatic hydroxyl groups is 2. The summed E-state index contributed by atoms with van der Waals surface area (Å²) in [7, 11) is 0. The third-order valence-electron chi connectivity index (χ3n) is 3.22. The Hall–Kier alpha value is -0.900. The number of benzene rings is 1. The fraction of sp³-hybridized carbons (Fsp3) is 0.600. The summed E-state index contributed by atoms with van der Waals surface area (Å²) in [6, 6.07) is 8.22. The van der Waals surface area contributed by atoms with E-state index in [0.29, 0.717) is 6.04 Å². The van der Waals surface area contributed by atoms with Crippen molar-refractivity contribution in [2.24, 2.45) is 5.41 Å². The minimum Gasteiger partial charge on any atom is -0.396 e. The van der Waals surface area contributed by atoms with E-state index in [-0.39, 0.29) is 18.6 Å². The normalized spacial score (nSPS) is 13.6. The van der Waals surface area contributed by atoms with E-state index in [1.807, 2.05) is 24.3 Å². The van der Waals surface area contributed by atoms with Gasteiger partial charge in [-0.15, -0.1) is 0 Å². The Morgan fingerprint density at radius 1 is 1.06 bits per heavy atom. The van der Waals surface area contributed by atoms with E-state index >= 15 is 0 Å². The first-order valence-corrected chi connectivity index (χ1v) is 6.50. The summed E-state index contributed by atoms with van der Waals surface area (Å²) in [6.45, 7) is 7.61. The van der Waals surface area contributed by atoms with Gasteiger partial charge in [0, 0.05) is 19.2 Å². The molecule has 0 heterocycles. The number of aliphatic hydroxyl groups excluding tert-OH is 2. The molecular formula is C15H25NO2. The smallest absolute Gasteiger partial charge is 0.0681 e. The lowest BCUT2D eigenvalue weighted by atomic mass is 9.85. The topological polar surface area (TPSA) is 52.5 Å². The van der Waals surface area contributed by atoms with Crippen LogP contribution in [0.1, 0.15) is 38.3 Å². The molecule has 0 radical (unpaired) electrons. The van der Waals surface area contributed by atoms with Gasteiger partial charge in [0.2, 0.25) is 0 Å². The van der Waals surface area contributed by atoms with E-state index in [9.17, 15) is 0 Å². The Kier molecular flexibility index (Phi) is 5.79. The second-order valence-corrected chi connectivity index (χ2v) is 5.79. The fourth-order valence-corrected chi connectivity index (χ4v) is 1.97. The maximum absolute atomic E-state index is 9.10. The van der Waals surface area contributed by atoms with E-state index in [2.05, 4.69) is 26.1 Å². The van der Waals surface area contributed by atoms with Crippen molar-refractivity contribution in [3.8, 4) is 0 Å². The molecule has 3 N–H and O–H groups in total. The van der Waals surface area contributed by atoms with Crippen molar-refractivity contribution in [2.75, 3.05) is 6.61 Å². The van der Waals surface area contributed by atoms with Gasteiger partial charge in [0.1, 0.15) is 0 Å². The van der Waals surface area contributed by atoms with Crippen LogP contribution in [0.3, 0.4) is 0 Å². The number of hydrogen-bond donors (Lipinski definition) is 3. The third-order valence-corrected chi connectivity index (χ3v) is 3.22. The standard InChI is InChI=1S/C15H25NO2/c1-15(2,3)14(8-9-17)16-10-12-4-6-13(11-18)7-5-12/h4-7,14,16-18H,8-11H2,1-3H3. The molecule has 1 atom stereocenters. The zero-order chi connectivity index (χ0) is 13.6. The van der Waals surface area contributed by atoms with E-state index in [4.69, 9.17) is 10.2 Å². The second-order valence-electron chi connectivity index (χ2n) is 5.79. The molecule has 0 aliphatic heterocycles. The van der Waals surface area contributed by atoms with Crippen molar-refractivity contribution in [3.05, 3.63) is 35.4 Å². The van der Waals surface area contributed by atoms with Gasteiger partial charge in [-0.1, -0.05) is 45.0 Å². The molecule has 0 bridgehead atoms. The van der Waals surface area contributed by atoms with Crippen LogP contribution in [0.4, 0.5) is 0 Å². The average molecular weight is 251 g/mol. The van der Waals surface area contributed by atoms with Crippen molar-refractivity contribution >= 4 is 0 Å². The van der Waals surface area contributed by atoms with Gasteiger partial charge in [-0.3, -0.25) is 0 Å². The fourth-order valence-electron chi connectivity index (χ4n) is 1.97. The van der Waals surface area contributed by atoms with Gasteiger partial charge in [0.25, 0.3) is 0 Å². The highest BCUT2D eigenvalue weighted by Gasteiger charge is 2.23. The third kappa shape index (κ3) is 4.77. The van der Waals surface area contributed by atoms with Crippen LogP contribution in [-0.2, 0) is 13.2 Å². The van der Waals surface area contributed by atoms with Crippen LogP contribution in [0.15, 0.2) is 24.3 Å². The summed E-state index contributed by atoms with van der Waals surface area (Å²) < 4.78 is 0. The van der Waals surface area contributed by atoms with Crippen LogP contribution in [0.25, 0.3) is 0 Å². The highest BCUT2D eigenvalue weighted by molar-refractivity contribution is 5.21. The predicted molar refractivity (Wildman–Crippen MR) is 74.2 cm³/mol. The molecule has 18 heavy (non-hydrogen) atoms. The quantitative estimate of drug-likeness (QED) is 0.725. The summed E-state index contributed by atoms with van der Waals surface area (Å²) in [5.41, 5.74) is 2.26. The van der Waals surface area contributed by atoms with Crippen LogP contribution in [0.2, 0.25) is 0 Å². The van der Waals surface area contributed by atoms with Gasteiger partial charge >= 0.3 is 0 Å². The van der Waals surface area contributed by atoms with Gasteiger partial charge in [-0.25, -0.2) is 0 Å². The summed E-state index contributed by atoms with van der Waals surface area (Å²) in [4.78, 5) is 0. The summed E-state index contributed by atoms with van der Waals surface area (Å²) in [5, 5.41) is 21.6. The molecule has 0 amide bonds. The van der Waals surface area contributed by atoms with E-state index in [0.717, 1.165) is 18.5 Å². The van der Waals surface area contributed by atoms with Crippen LogP contribution < -0.4 is 5.32 Å². The molecule has 1 unspecified atom stereocenters. The van der Waals surface area contributed by atoms with E-state index < -0.39 is 0 Å². The summed E-state index contributed by atoms with van der Waals surface area (Å²) in [6.07, 6.45) is 0.762. The zero-order valence-electron chi connectivity index (χ0n) is 11.6.